The molecule has 1 aromatic heterocycles. The van der Waals surface area contributed by atoms with Crippen molar-refractivity contribution in [2.75, 3.05) is 35.6 Å². The number of anilines is 1. The zero-order chi connectivity index (χ0) is 34.4. The van der Waals surface area contributed by atoms with Gasteiger partial charge in [-0.1, -0.05) is 45.2 Å². The first kappa shape index (κ1) is 36.4. The smallest absolute Gasteiger partial charge is 0.387 e. The molecule has 1 heterocycles. The van der Waals surface area contributed by atoms with Gasteiger partial charge in [-0.05, 0) is 85.4 Å². The van der Waals surface area contributed by atoms with Gasteiger partial charge in [-0.15, -0.1) is 0 Å². The number of aromatic nitrogens is 1. The highest BCUT2D eigenvalue weighted by Crippen LogP contribution is 2.39. The van der Waals surface area contributed by atoms with Crippen molar-refractivity contribution in [1.29, 1.82) is 0 Å². The summed E-state index contributed by atoms with van der Waals surface area (Å²) in [5, 5.41) is 1.09. The Morgan fingerprint density at radius 3 is 2.21 bits per heavy atom. The average Bonchev–Trinajstić information content (AvgIpc) is 3.96. The normalized spacial score (nSPS) is 15.2. The summed E-state index contributed by atoms with van der Waals surface area (Å²) in [6.45, 7) is -2.16. The van der Waals surface area contributed by atoms with Gasteiger partial charge < -0.3 is 18.9 Å². The Bertz CT molecular complexity index is 1690. The monoisotopic (exact) mass is 790 g/mol. The summed E-state index contributed by atoms with van der Waals surface area (Å²) in [5.74, 6) is 0.102. The quantitative estimate of drug-likeness (QED) is 0.0938. The van der Waals surface area contributed by atoms with Crippen LogP contribution in [0.4, 0.5) is 14.5 Å². The standard InChI is InChI=1S/C33H35BrCl2F2N2O7S/c1-48(42,43)40(12-2-11-34)27-9-7-23(14-30(27)44-18-20-3-4-20)32(41)46-29(15-24-25(35)16-39-17-26(24)36)22-8-10-28(47-33(37)38)31(13-22)45-19-21-5-6-21/h7-10,13-14,16-17,20-21,29,33H,2-6,11-12,15,18-19H2,1H3. The van der Waals surface area contributed by atoms with Gasteiger partial charge in [-0.3, -0.25) is 9.29 Å². The Kier molecular flexibility index (Phi) is 12.3. The van der Waals surface area contributed by atoms with Crippen LogP contribution in [0.15, 0.2) is 48.8 Å². The van der Waals surface area contributed by atoms with Crippen LogP contribution in [0.5, 0.6) is 17.2 Å². The lowest BCUT2D eigenvalue weighted by Gasteiger charge is -2.25. The zero-order valence-electron chi connectivity index (χ0n) is 26.0. The van der Waals surface area contributed by atoms with Crippen molar-refractivity contribution in [2.24, 2.45) is 11.8 Å². The van der Waals surface area contributed by atoms with E-state index < -0.39 is 28.7 Å². The van der Waals surface area contributed by atoms with Crippen LogP contribution in [0.25, 0.3) is 0 Å². The molecular weight excluding hydrogens is 757 g/mol. The minimum Gasteiger partial charge on any atom is -0.491 e. The number of nitrogens with zero attached hydrogens (tertiary/aromatic N) is 2. The molecule has 5 rings (SSSR count). The molecule has 2 aliphatic rings. The predicted molar refractivity (Wildman–Crippen MR) is 183 cm³/mol. The lowest BCUT2D eigenvalue weighted by Crippen LogP contribution is -2.31. The van der Waals surface area contributed by atoms with Crippen LogP contribution in [-0.2, 0) is 21.2 Å². The van der Waals surface area contributed by atoms with Crippen molar-refractivity contribution >= 4 is 60.8 Å². The molecule has 0 N–H and O–H groups in total. The maximum absolute atomic E-state index is 13.8. The molecule has 0 radical (unpaired) electrons. The molecule has 0 spiro atoms. The van der Waals surface area contributed by atoms with E-state index in [1.54, 1.807) is 0 Å². The van der Waals surface area contributed by atoms with Gasteiger partial charge in [0.1, 0.15) is 11.9 Å². The van der Waals surface area contributed by atoms with Crippen molar-refractivity contribution in [2.45, 2.75) is 51.2 Å². The first-order valence-electron chi connectivity index (χ1n) is 15.4. The van der Waals surface area contributed by atoms with Gasteiger partial charge in [0.25, 0.3) is 0 Å². The Labute approximate surface area is 297 Å². The number of sulfonamides is 1. The number of carbonyl (C=O) groups excluding carboxylic acids is 1. The summed E-state index contributed by atoms with van der Waals surface area (Å²) in [5.41, 5.74) is 1.30. The van der Waals surface area contributed by atoms with Gasteiger partial charge in [0.15, 0.2) is 11.5 Å². The number of carbonyl (C=O) groups is 1. The van der Waals surface area contributed by atoms with E-state index in [-0.39, 0.29) is 45.8 Å². The van der Waals surface area contributed by atoms with Crippen LogP contribution in [0.1, 0.15) is 59.7 Å². The third kappa shape index (κ3) is 10.1. The lowest BCUT2D eigenvalue weighted by atomic mass is 10.0. The SMILES string of the molecule is CS(=O)(=O)N(CCCBr)c1ccc(C(=O)OC(Cc2c(Cl)cncc2Cl)c2ccc(OC(F)F)c(OCC3CC3)c2)cc1OCC1CC1. The Morgan fingerprint density at radius 2 is 1.62 bits per heavy atom. The summed E-state index contributed by atoms with van der Waals surface area (Å²) in [6.07, 6.45) is 7.47. The van der Waals surface area contributed by atoms with Crippen LogP contribution in [0.3, 0.4) is 0 Å². The van der Waals surface area contributed by atoms with E-state index in [4.69, 9.17) is 42.1 Å². The van der Waals surface area contributed by atoms with E-state index in [1.807, 2.05) is 0 Å². The summed E-state index contributed by atoms with van der Waals surface area (Å²) >= 11 is 16.2. The predicted octanol–water partition coefficient (Wildman–Crippen LogP) is 8.26. The van der Waals surface area contributed by atoms with E-state index in [1.165, 1.54) is 53.1 Å². The second-order valence-corrected chi connectivity index (χ2v) is 15.3. The van der Waals surface area contributed by atoms with Crippen molar-refractivity contribution in [3.05, 3.63) is 75.5 Å². The summed E-state index contributed by atoms with van der Waals surface area (Å²) in [6, 6.07) is 8.82. The third-order valence-corrected chi connectivity index (χ3v) is 10.2. The molecule has 2 fully saturated rings. The fraction of sp³-hybridized carbons (Fsp3) is 0.455. The number of ether oxygens (including phenoxy) is 4. The van der Waals surface area contributed by atoms with Crippen LogP contribution in [-0.4, -0.2) is 57.3 Å². The van der Waals surface area contributed by atoms with Gasteiger partial charge >= 0.3 is 12.6 Å². The summed E-state index contributed by atoms with van der Waals surface area (Å²) in [4.78, 5) is 17.8. The van der Waals surface area contributed by atoms with E-state index in [2.05, 4.69) is 20.9 Å². The van der Waals surface area contributed by atoms with Crippen molar-refractivity contribution in [3.63, 3.8) is 0 Å². The molecule has 0 aliphatic heterocycles. The molecule has 2 aromatic carbocycles. The molecule has 2 aliphatic carbocycles. The van der Waals surface area contributed by atoms with Gasteiger partial charge in [0, 0.05) is 30.7 Å². The lowest BCUT2D eigenvalue weighted by molar-refractivity contribution is -0.0515. The van der Waals surface area contributed by atoms with Gasteiger partial charge in [-0.2, -0.15) is 8.78 Å². The number of halogens is 5. The van der Waals surface area contributed by atoms with Gasteiger partial charge in [-0.25, -0.2) is 13.2 Å². The number of esters is 1. The van der Waals surface area contributed by atoms with E-state index in [0.29, 0.717) is 53.6 Å². The van der Waals surface area contributed by atoms with Crippen LogP contribution in [0, 0.1) is 11.8 Å². The molecule has 1 atom stereocenters. The summed E-state index contributed by atoms with van der Waals surface area (Å²) < 4.78 is 75.9. The molecule has 15 heteroatoms. The highest BCUT2D eigenvalue weighted by atomic mass is 79.9. The molecule has 0 amide bonds. The molecule has 260 valence electrons. The largest absolute Gasteiger partial charge is 0.491 e. The van der Waals surface area contributed by atoms with Crippen LogP contribution in [0.2, 0.25) is 10.0 Å². The third-order valence-electron chi connectivity index (χ3n) is 7.85. The van der Waals surface area contributed by atoms with Gasteiger partial charge in [0.05, 0.1) is 40.8 Å². The highest BCUT2D eigenvalue weighted by molar-refractivity contribution is 9.09. The number of hydrogen-bond acceptors (Lipinski definition) is 8. The van der Waals surface area contributed by atoms with Gasteiger partial charge in [0.2, 0.25) is 10.0 Å². The molecule has 1 unspecified atom stereocenters. The number of hydrogen-bond donors (Lipinski definition) is 0. The molecule has 2 saturated carbocycles. The number of rotatable bonds is 18. The van der Waals surface area contributed by atoms with E-state index >= 15 is 0 Å². The molecule has 3 aromatic rings. The Morgan fingerprint density at radius 1 is 0.979 bits per heavy atom. The van der Waals surface area contributed by atoms with Crippen LogP contribution < -0.4 is 18.5 Å². The fourth-order valence-corrected chi connectivity index (χ4v) is 6.63. The molecule has 9 nitrogen and oxygen atoms in total. The first-order chi connectivity index (χ1) is 22.9. The first-order valence-corrected chi connectivity index (χ1v) is 19.2. The van der Waals surface area contributed by atoms with Crippen LogP contribution >= 0.6 is 39.1 Å². The number of benzene rings is 2. The minimum atomic E-state index is -3.67. The maximum Gasteiger partial charge on any atom is 0.387 e. The molecule has 0 saturated heterocycles. The Balaban J connectivity index is 1.49. The second-order valence-electron chi connectivity index (χ2n) is 11.8. The summed E-state index contributed by atoms with van der Waals surface area (Å²) in [7, 11) is -3.67. The second kappa shape index (κ2) is 16.2. The van der Waals surface area contributed by atoms with Crippen molar-refractivity contribution in [3.8, 4) is 17.2 Å². The van der Waals surface area contributed by atoms with E-state index in [9.17, 15) is 22.0 Å². The zero-order valence-corrected chi connectivity index (χ0v) is 30.0. The van der Waals surface area contributed by atoms with Crippen molar-refractivity contribution < 1.29 is 40.9 Å². The maximum atomic E-state index is 13.8. The molecule has 48 heavy (non-hydrogen) atoms. The minimum absolute atomic E-state index is 0.0144. The van der Waals surface area contributed by atoms with Crippen molar-refractivity contribution in [1.82, 2.24) is 4.98 Å². The fourth-order valence-electron chi connectivity index (χ4n) is 4.89. The topological polar surface area (TPSA) is 104 Å². The number of pyridine rings is 1. The molecular formula is C33H35BrCl2F2N2O7S. The average molecular weight is 793 g/mol. The highest BCUT2D eigenvalue weighted by Gasteiger charge is 2.29. The number of alkyl halides is 3. The Hall–Kier alpha value is -2.87. The van der Waals surface area contributed by atoms with E-state index in [0.717, 1.165) is 31.9 Å². The molecule has 0 bridgehead atoms.